The molecule has 0 unspecified atom stereocenters. The number of pyridine rings is 2. The van der Waals surface area contributed by atoms with E-state index in [0.29, 0.717) is 6.61 Å². The minimum Gasteiger partial charge on any atom is -0.492 e. The summed E-state index contributed by atoms with van der Waals surface area (Å²) < 4.78 is 5.95. The number of fused-ring (bicyclic) bond motifs is 1. The molecule has 0 aliphatic carbocycles. The molecule has 1 N–H and O–H groups in total. The van der Waals surface area contributed by atoms with Gasteiger partial charge in [-0.2, -0.15) is 0 Å². The summed E-state index contributed by atoms with van der Waals surface area (Å²) in [7, 11) is 2.13. The molecule has 1 aromatic carbocycles. The first-order valence-corrected chi connectivity index (χ1v) is 11.9. The van der Waals surface area contributed by atoms with Gasteiger partial charge in [-0.1, -0.05) is 42.8 Å². The van der Waals surface area contributed by atoms with E-state index in [1.807, 2.05) is 12.4 Å². The van der Waals surface area contributed by atoms with Crippen LogP contribution in [0.15, 0.2) is 61.1 Å². The molecule has 4 aromatic rings. The molecule has 33 heavy (non-hydrogen) atoms. The highest BCUT2D eigenvalue weighted by molar-refractivity contribution is 5.81. The molecule has 0 spiro atoms. The van der Waals surface area contributed by atoms with Crippen molar-refractivity contribution in [2.75, 3.05) is 26.7 Å². The van der Waals surface area contributed by atoms with Crippen LogP contribution in [0.4, 0.5) is 0 Å². The van der Waals surface area contributed by atoms with Gasteiger partial charge in [0.1, 0.15) is 11.4 Å². The molecule has 0 radical (unpaired) electrons. The molecule has 172 valence electrons. The van der Waals surface area contributed by atoms with Gasteiger partial charge in [-0.3, -0.25) is 4.98 Å². The predicted molar refractivity (Wildman–Crippen MR) is 135 cm³/mol. The fraction of sp³-hybridized carbons (Fsp3) is 0.357. The van der Waals surface area contributed by atoms with E-state index in [9.17, 15) is 0 Å². The van der Waals surface area contributed by atoms with Gasteiger partial charge in [-0.05, 0) is 68.6 Å². The van der Waals surface area contributed by atoms with Crippen molar-refractivity contribution in [3.05, 3.63) is 89.0 Å². The standard InChI is InChI=1S/C28H34N4O/c1-4-32(3)14-5-15-33-26-17-27-24(19-30-28(27)31-20-26)16-23-11-13-25(29-18-23)12-10-22-8-6-21(2)7-9-22/h6-9,11,13,17-20H,4-5,10,12,14-16H2,1-3H3,(H,30,31). The first-order chi connectivity index (χ1) is 16.1. The van der Waals surface area contributed by atoms with Crippen LogP contribution in [0.1, 0.15) is 41.3 Å². The van der Waals surface area contributed by atoms with Crippen molar-refractivity contribution in [3.8, 4) is 5.75 Å². The molecule has 0 fully saturated rings. The van der Waals surface area contributed by atoms with Gasteiger partial charge in [0.05, 0.1) is 12.8 Å². The quantitative estimate of drug-likeness (QED) is 0.318. The van der Waals surface area contributed by atoms with E-state index in [4.69, 9.17) is 9.72 Å². The molecule has 0 bridgehead atoms. The number of hydrogen-bond donors (Lipinski definition) is 1. The third kappa shape index (κ3) is 6.42. The molecule has 3 heterocycles. The third-order valence-electron chi connectivity index (χ3n) is 6.16. The number of H-pyrrole nitrogens is 1. The van der Waals surface area contributed by atoms with Crippen LogP contribution in [-0.2, 0) is 19.3 Å². The van der Waals surface area contributed by atoms with Crippen molar-refractivity contribution < 1.29 is 4.74 Å². The SMILES string of the molecule is CCN(C)CCCOc1cnc2[nH]cc(Cc3ccc(CCc4ccc(C)cc4)nc3)c2c1. The first kappa shape index (κ1) is 23.0. The summed E-state index contributed by atoms with van der Waals surface area (Å²) in [5.41, 5.74) is 7.09. The Morgan fingerprint density at radius 3 is 2.55 bits per heavy atom. The van der Waals surface area contributed by atoms with E-state index in [1.54, 1.807) is 6.20 Å². The summed E-state index contributed by atoms with van der Waals surface area (Å²) in [4.78, 5) is 14.8. The fourth-order valence-corrected chi connectivity index (χ4v) is 3.90. The van der Waals surface area contributed by atoms with Gasteiger partial charge in [-0.25, -0.2) is 4.98 Å². The van der Waals surface area contributed by atoms with Crippen LogP contribution in [0.3, 0.4) is 0 Å². The molecule has 0 aliphatic rings. The van der Waals surface area contributed by atoms with Gasteiger partial charge in [0, 0.05) is 36.4 Å². The number of rotatable bonds is 11. The Hall–Kier alpha value is -3.18. The van der Waals surface area contributed by atoms with Crippen LogP contribution in [-0.4, -0.2) is 46.6 Å². The van der Waals surface area contributed by atoms with Crippen molar-refractivity contribution in [2.24, 2.45) is 0 Å². The van der Waals surface area contributed by atoms with E-state index in [1.165, 1.54) is 22.3 Å². The van der Waals surface area contributed by atoms with Gasteiger partial charge < -0.3 is 14.6 Å². The van der Waals surface area contributed by atoms with Crippen LogP contribution in [0.5, 0.6) is 5.75 Å². The second-order valence-electron chi connectivity index (χ2n) is 8.80. The van der Waals surface area contributed by atoms with Crippen LogP contribution < -0.4 is 4.74 Å². The summed E-state index contributed by atoms with van der Waals surface area (Å²) >= 11 is 0. The van der Waals surface area contributed by atoms with Crippen LogP contribution in [0.2, 0.25) is 0 Å². The fourth-order valence-electron chi connectivity index (χ4n) is 3.90. The molecular weight excluding hydrogens is 408 g/mol. The maximum atomic E-state index is 5.95. The molecule has 5 nitrogen and oxygen atoms in total. The maximum absolute atomic E-state index is 5.95. The van der Waals surface area contributed by atoms with Crippen LogP contribution in [0.25, 0.3) is 11.0 Å². The summed E-state index contributed by atoms with van der Waals surface area (Å²) in [5, 5.41) is 1.11. The molecule has 0 saturated heterocycles. The van der Waals surface area contributed by atoms with Gasteiger partial charge in [-0.15, -0.1) is 0 Å². The lowest BCUT2D eigenvalue weighted by Gasteiger charge is -2.13. The number of nitrogens with one attached hydrogen (secondary N) is 1. The van der Waals surface area contributed by atoms with Gasteiger partial charge >= 0.3 is 0 Å². The molecule has 0 aliphatic heterocycles. The zero-order chi connectivity index (χ0) is 23.0. The molecule has 5 heteroatoms. The Morgan fingerprint density at radius 2 is 1.79 bits per heavy atom. The number of benzene rings is 1. The molecule has 4 rings (SSSR count). The van der Waals surface area contributed by atoms with E-state index in [2.05, 4.69) is 78.2 Å². The normalized spacial score (nSPS) is 11.4. The highest BCUT2D eigenvalue weighted by Crippen LogP contribution is 2.24. The van der Waals surface area contributed by atoms with E-state index in [-0.39, 0.29) is 0 Å². The number of hydrogen-bond acceptors (Lipinski definition) is 4. The molecule has 3 aromatic heterocycles. The lowest BCUT2D eigenvalue weighted by atomic mass is 10.0. The van der Waals surface area contributed by atoms with Crippen molar-refractivity contribution in [1.82, 2.24) is 19.9 Å². The largest absolute Gasteiger partial charge is 0.492 e. The second kappa shape index (κ2) is 11.1. The third-order valence-corrected chi connectivity index (χ3v) is 6.16. The topological polar surface area (TPSA) is 54.0 Å². The predicted octanol–water partition coefficient (Wildman–Crippen LogP) is 5.36. The van der Waals surface area contributed by atoms with Gasteiger partial charge in [0.15, 0.2) is 0 Å². The zero-order valence-corrected chi connectivity index (χ0v) is 20.0. The van der Waals surface area contributed by atoms with Gasteiger partial charge in [0.2, 0.25) is 0 Å². The maximum Gasteiger partial charge on any atom is 0.138 e. The number of ether oxygens (including phenoxy) is 1. The van der Waals surface area contributed by atoms with Crippen molar-refractivity contribution >= 4 is 11.0 Å². The second-order valence-corrected chi connectivity index (χ2v) is 8.80. The number of nitrogens with zero attached hydrogens (tertiary/aromatic N) is 3. The monoisotopic (exact) mass is 442 g/mol. The molecular formula is C28H34N4O. The lowest BCUT2D eigenvalue weighted by Crippen LogP contribution is -2.20. The summed E-state index contributed by atoms with van der Waals surface area (Å²) in [5.74, 6) is 0.826. The number of aromatic amines is 1. The highest BCUT2D eigenvalue weighted by Gasteiger charge is 2.09. The van der Waals surface area contributed by atoms with E-state index in [0.717, 1.165) is 61.2 Å². The highest BCUT2D eigenvalue weighted by atomic mass is 16.5. The Morgan fingerprint density at radius 1 is 0.970 bits per heavy atom. The molecule has 0 amide bonds. The average Bonchev–Trinajstić information content (AvgIpc) is 3.24. The van der Waals surface area contributed by atoms with Crippen molar-refractivity contribution in [2.45, 2.75) is 39.5 Å². The average molecular weight is 443 g/mol. The minimum atomic E-state index is 0.700. The van der Waals surface area contributed by atoms with Crippen LogP contribution in [0, 0.1) is 6.92 Å². The Bertz CT molecular complexity index is 1150. The smallest absolute Gasteiger partial charge is 0.138 e. The number of aromatic nitrogens is 3. The number of aryl methyl sites for hydroxylation is 3. The van der Waals surface area contributed by atoms with Crippen molar-refractivity contribution in [1.29, 1.82) is 0 Å². The zero-order valence-electron chi connectivity index (χ0n) is 20.0. The molecule has 0 saturated carbocycles. The minimum absolute atomic E-state index is 0.700. The van der Waals surface area contributed by atoms with Gasteiger partial charge in [0.25, 0.3) is 0 Å². The Kier molecular flexibility index (Phi) is 7.74. The van der Waals surface area contributed by atoms with E-state index >= 15 is 0 Å². The lowest BCUT2D eigenvalue weighted by molar-refractivity contribution is 0.268. The Labute approximate surface area is 196 Å². The summed E-state index contributed by atoms with van der Waals surface area (Å²) in [6.45, 7) is 7.08. The van der Waals surface area contributed by atoms with Crippen molar-refractivity contribution in [3.63, 3.8) is 0 Å². The summed E-state index contributed by atoms with van der Waals surface area (Å²) in [6, 6.07) is 15.2. The first-order valence-electron chi connectivity index (χ1n) is 11.9. The van der Waals surface area contributed by atoms with Crippen LogP contribution >= 0.6 is 0 Å². The van der Waals surface area contributed by atoms with E-state index < -0.39 is 0 Å². The summed E-state index contributed by atoms with van der Waals surface area (Å²) in [6.07, 6.45) is 9.64. The Balaban J connectivity index is 1.35. The molecule has 0 atom stereocenters.